The van der Waals surface area contributed by atoms with Gasteiger partial charge in [0.2, 0.25) is 10.0 Å². The first-order valence-corrected chi connectivity index (χ1v) is 10.7. The summed E-state index contributed by atoms with van der Waals surface area (Å²) in [6.07, 6.45) is 0. The van der Waals surface area contributed by atoms with Gasteiger partial charge in [-0.05, 0) is 37.3 Å². The standard InChI is InChI=1S/C21H23N3O4S/c1-4-24(5-2)29(26,27)18-11-8-10-17(13-18)21(25)23-22-15(3)20-14-16-9-6-7-12-19(16)28-20/h6-14H,4-5H2,1-3H3,(H,23,25)/b22-15+. The van der Waals surface area contributed by atoms with Gasteiger partial charge in [-0.3, -0.25) is 4.79 Å². The molecule has 0 bridgehead atoms. The normalized spacial score (nSPS) is 12.5. The van der Waals surface area contributed by atoms with E-state index in [4.69, 9.17) is 4.42 Å². The molecule has 29 heavy (non-hydrogen) atoms. The van der Waals surface area contributed by atoms with Crippen LogP contribution in [0.3, 0.4) is 0 Å². The van der Waals surface area contributed by atoms with Crippen LogP contribution in [-0.2, 0) is 10.0 Å². The van der Waals surface area contributed by atoms with Crippen LogP contribution in [0.25, 0.3) is 11.0 Å². The average Bonchev–Trinajstić information content (AvgIpc) is 3.17. The van der Waals surface area contributed by atoms with Crippen molar-refractivity contribution < 1.29 is 17.6 Å². The first-order valence-electron chi connectivity index (χ1n) is 9.30. The fraction of sp³-hybridized carbons (Fsp3) is 0.238. The summed E-state index contributed by atoms with van der Waals surface area (Å²) in [5, 5.41) is 5.03. The minimum absolute atomic E-state index is 0.0758. The lowest BCUT2D eigenvalue weighted by molar-refractivity contribution is 0.0954. The van der Waals surface area contributed by atoms with Crippen molar-refractivity contribution in [3.8, 4) is 0 Å². The molecule has 3 aromatic rings. The minimum Gasteiger partial charge on any atom is -0.455 e. The summed E-state index contributed by atoms with van der Waals surface area (Å²) in [4.78, 5) is 12.6. The molecule has 3 rings (SSSR count). The zero-order valence-corrected chi connectivity index (χ0v) is 17.4. The van der Waals surface area contributed by atoms with Gasteiger partial charge in [0.15, 0.2) is 5.76 Å². The van der Waals surface area contributed by atoms with Crippen LogP contribution in [-0.4, -0.2) is 37.4 Å². The van der Waals surface area contributed by atoms with E-state index in [0.717, 1.165) is 11.0 Å². The molecule has 0 spiro atoms. The molecule has 0 unspecified atom stereocenters. The molecular weight excluding hydrogens is 390 g/mol. The lowest BCUT2D eigenvalue weighted by Gasteiger charge is -2.18. The molecule has 0 aliphatic carbocycles. The predicted octanol–water partition coefficient (Wildman–Crippen LogP) is 3.62. The van der Waals surface area contributed by atoms with Crippen LogP contribution in [0.15, 0.2) is 69.0 Å². The second-order valence-electron chi connectivity index (χ2n) is 6.40. The first kappa shape index (κ1) is 20.8. The molecule has 0 saturated heterocycles. The summed E-state index contributed by atoms with van der Waals surface area (Å²) in [6.45, 7) is 5.98. The Bertz CT molecular complexity index is 1130. The maximum atomic E-state index is 12.7. The number of sulfonamides is 1. The molecule has 0 aliphatic heterocycles. The largest absolute Gasteiger partial charge is 0.455 e. The molecule has 2 aromatic carbocycles. The molecule has 1 heterocycles. The van der Waals surface area contributed by atoms with Gasteiger partial charge in [0.1, 0.15) is 11.3 Å². The van der Waals surface area contributed by atoms with Gasteiger partial charge in [-0.15, -0.1) is 0 Å². The second-order valence-corrected chi connectivity index (χ2v) is 8.34. The van der Waals surface area contributed by atoms with E-state index in [1.54, 1.807) is 32.9 Å². The fourth-order valence-corrected chi connectivity index (χ4v) is 4.43. The maximum absolute atomic E-state index is 12.7. The smallest absolute Gasteiger partial charge is 0.271 e. The van der Waals surface area contributed by atoms with Gasteiger partial charge in [0.25, 0.3) is 5.91 Å². The Balaban J connectivity index is 1.79. The van der Waals surface area contributed by atoms with E-state index in [2.05, 4.69) is 10.5 Å². The lowest BCUT2D eigenvalue weighted by atomic mass is 10.2. The number of furan rings is 1. The molecule has 0 saturated carbocycles. The predicted molar refractivity (Wildman–Crippen MR) is 112 cm³/mol. The van der Waals surface area contributed by atoms with Gasteiger partial charge in [-0.1, -0.05) is 38.1 Å². The quantitative estimate of drug-likeness (QED) is 0.473. The van der Waals surface area contributed by atoms with Gasteiger partial charge in [-0.2, -0.15) is 9.41 Å². The van der Waals surface area contributed by atoms with E-state index in [1.807, 2.05) is 30.3 Å². The summed E-state index contributed by atoms with van der Waals surface area (Å²) >= 11 is 0. The fourth-order valence-electron chi connectivity index (χ4n) is 2.92. The van der Waals surface area contributed by atoms with Crippen LogP contribution in [0.4, 0.5) is 0 Å². The highest BCUT2D eigenvalue weighted by molar-refractivity contribution is 7.89. The van der Waals surface area contributed by atoms with Crippen molar-refractivity contribution in [1.29, 1.82) is 0 Å². The number of carbonyl (C=O) groups is 1. The van der Waals surface area contributed by atoms with Crippen LogP contribution >= 0.6 is 0 Å². The number of para-hydroxylation sites is 1. The highest BCUT2D eigenvalue weighted by Crippen LogP contribution is 2.19. The molecule has 8 heteroatoms. The summed E-state index contributed by atoms with van der Waals surface area (Å²) in [5.74, 6) is 0.0430. The van der Waals surface area contributed by atoms with Gasteiger partial charge in [-0.25, -0.2) is 13.8 Å². The van der Waals surface area contributed by atoms with E-state index < -0.39 is 15.9 Å². The number of nitrogens with one attached hydrogen (secondary N) is 1. The van der Waals surface area contributed by atoms with Crippen molar-refractivity contribution in [2.75, 3.05) is 13.1 Å². The number of carbonyl (C=O) groups excluding carboxylic acids is 1. The molecule has 0 atom stereocenters. The van der Waals surface area contributed by atoms with E-state index in [1.165, 1.54) is 16.4 Å². The molecule has 1 amide bonds. The number of amides is 1. The summed E-state index contributed by atoms with van der Waals surface area (Å²) in [5.41, 5.74) is 3.90. The SMILES string of the molecule is CCN(CC)S(=O)(=O)c1cccc(C(=O)N/N=C(\C)c2cc3ccccc3o2)c1. The molecule has 7 nitrogen and oxygen atoms in total. The third-order valence-corrected chi connectivity index (χ3v) is 6.59. The zero-order valence-electron chi connectivity index (χ0n) is 16.5. The van der Waals surface area contributed by atoms with Crippen LogP contribution in [0.2, 0.25) is 0 Å². The Morgan fingerprint density at radius 2 is 1.79 bits per heavy atom. The van der Waals surface area contributed by atoms with E-state index in [-0.39, 0.29) is 10.5 Å². The number of hydrazone groups is 1. The lowest BCUT2D eigenvalue weighted by Crippen LogP contribution is -2.30. The minimum atomic E-state index is -3.64. The Kier molecular flexibility index (Phi) is 6.14. The highest BCUT2D eigenvalue weighted by atomic mass is 32.2. The topological polar surface area (TPSA) is 92.0 Å². The molecule has 0 radical (unpaired) electrons. The molecule has 0 aliphatic rings. The van der Waals surface area contributed by atoms with Crippen molar-refractivity contribution in [2.45, 2.75) is 25.7 Å². The molecule has 1 N–H and O–H groups in total. The number of fused-ring (bicyclic) bond motifs is 1. The second kappa shape index (κ2) is 8.59. The van der Waals surface area contributed by atoms with Gasteiger partial charge < -0.3 is 4.42 Å². The summed E-state index contributed by atoms with van der Waals surface area (Å²) < 4.78 is 32.4. The number of nitrogens with zero attached hydrogens (tertiary/aromatic N) is 2. The first-order chi connectivity index (χ1) is 13.9. The van der Waals surface area contributed by atoms with Crippen molar-refractivity contribution in [2.24, 2.45) is 5.10 Å². The Morgan fingerprint density at radius 1 is 1.07 bits per heavy atom. The molecule has 152 valence electrons. The van der Waals surface area contributed by atoms with E-state index in [9.17, 15) is 13.2 Å². The molecule has 0 fully saturated rings. The van der Waals surface area contributed by atoms with E-state index in [0.29, 0.717) is 24.6 Å². The third kappa shape index (κ3) is 4.38. The average molecular weight is 413 g/mol. The van der Waals surface area contributed by atoms with Crippen molar-refractivity contribution in [3.63, 3.8) is 0 Å². The number of rotatable bonds is 7. The summed E-state index contributed by atoms with van der Waals surface area (Å²) in [6, 6.07) is 15.3. The van der Waals surface area contributed by atoms with Gasteiger partial charge in [0.05, 0.1) is 4.90 Å². The zero-order chi connectivity index (χ0) is 21.0. The Morgan fingerprint density at radius 3 is 2.48 bits per heavy atom. The maximum Gasteiger partial charge on any atom is 0.271 e. The summed E-state index contributed by atoms with van der Waals surface area (Å²) in [7, 11) is -3.64. The van der Waals surface area contributed by atoms with Crippen LogP contribution in [0.5, 0.6) is 0 Å². The van der Waals surface area contributed by atoms with Gasteiger partial charge in [0, 0.05) is 24.0 Å². The molecule has 1 aromatic heterocycles. The van der Waals surface area contributed by atoms with Crippen LogP contribution in [0, 0.1) is 0 Å². The van der Waals surface area contributed by atoms with E-state index >= 15 is 0 Å². The third-order valence-electron chi connectivity index (χ3n) is 4.55. The van der Waals surface area contributed by atoms with Crippen molar-refractivity contribution in [3.05, 3.63) is 65.9 Å². The van der Waals surface area contributed by atoms with Crippen LogP contribution < -0.4 is 5.43 Å². The molecular formula is C21H23N3O4S. The van der Waals surface area contributed by atoms with Gasteiger partial charge >= 0.3 is 0 Å². The number of hydrogen-bond acceptors (Lipinski definition) is 5. The monoisotopic (exact) mass is 413 g/mol. The highest BCUT2D eigenvalue weighted by Gasteiger charge is 2.22. The van der Waals surface area contributed by atoms with Crippen molar-refractivity contribution >= 4 is 32.6 Å². The number of hydrogen-bond donors (Lipinski definition) is 1. The number of benzene rings is 2. The van der Waals surface area contributed by atoms with Crippen LogP contribution in [0.1, 0.15) is 36.9 Å². The Hall–Kier alpha value is -2.97. The van der Waals surface area contributed by atoms with Crippen molar-refractivity contribution in [1.82, 2.24) is 9.73 Å². The Labute approximate surface area is 170 Å².